The first kappa shape index (κ1) is 19.4. The van der Waals surface area contributed by atoms with Gasteiger partial charge >= 0.3 is 24.6 Å². The molecule has 2 aromatic carbocycles. The second-order valence-corrected chi connectivity index (χ2v) is 4.95. The molecule has 26 heavy (non-hydrogen) atoms. The van der Waals surface area contributed by atoms with Gasteiger partial charge in [0.05, 0.1) is 11.1 Å². The largest absolute Gasteiger partial charge is 0.476 e. The minimum absolute atomic E-state index is 0.225. The van der Waals surface area contributed by atoms with Crippen molar-refractivity contribution >= 4 is 5.97 Å². The maximum Gasteiger partial charge on any atom is 0.416 e. The summed E-state index contributed by atoms with van der Waals surface area (Å²) in [5.41, 5.74) is -1.92. The van der Waals surface area contributed by atoms with E-state index < -0.39 is 35.7 Å². The minimum atomic E-state index is -4.57. The summed E-state index contributed by atoms with van der Waals surface area (Å²) in [6.07, 6.45) is -11.1. The molecule has 0 heterocycles. The van der Waals surface area contributed by atoms with E-state index in [0.29, 0.717) is 24.3 Å². The number of carbonyl (C=O) groups is 1. The van der Waals surface area contributed by atoms with E-state index in [-0.39, 0.29) is 11.5 Å². The summed E-state index contributed by atoms with van der Waals surface area (Å²) < 4.78 is 84.7. The van der Waals surface area contributed by atoms with E-state index in [2.05, 4.69) is 0 Å². The molecule has 0 aromatic heterocycles. The zero-order chi connectivity index (χ0) is 19.5. The summed E-state index contributed by atoms with van der Waals surface area (Å²) in [6, 6.07) is 6.34. The topological polar surface area (TPSA) is 55.8 Å². The van der Waals surface area contributed by atoms with Gasteiger partial charge in [-0.3, -0.25) is 0 Å². The molecule has 140 valence electrons. The molecule has 0 aliphatic carbocycles. The molecule has 0 aliphatic heterocycles. The lowest BCUT2D eigenvalue weighted by atomic mass is 10.2. The number of hydrogen-bond acceptors (Lipinski definition) is 3. The number of ether oxygens (including phenoxy) is 2. The Morgan fingerprint density at radius 2 is 1.04 bits per heavy atom. The Balaban J connectivity index is 2.11. The summed E-state index contributed by atoms with van der Waals surface area (Å²) in [7, 11) is 0. The second kappa shape index (κ2) is 7.14. The van der Waals surface area contributed by atoms with Crippen LogP contribution in [0.4, 0.5) is 26.3 Å². The van der Waals surface area contributed by atoms with Crippen LogP contribution in [0.25, 0.3) is 0 Å². The monoisotopic (exact) mass is 380 g/mol. The van der Waals surface area contributed by atoms with Crippen LogP contribution in [0.1, 0.15) is 11.1 Å². The highest BCUT2D eigenvalue weighted by molar-refractivity contribution is 5.71. The van der Waals surface area contributed by atoms with Crippen molar-refractivity contribution in [1.82, 2.24) is 0 Å². The highest BCUT2D eigenvalue weighted by Gasteiger charge is 2.31. The van der Waals surface area contributed by atoms with Gasteiger partial charge in [-0.1, -0.05) is 0 Å². The normalized spacial score (nSPS) is 12.1. The number of rotatable bonds is 5. The Bertz CT molecular complexity index is 691. The van der Waals surface area contributed by atoms with Crippen LogP contribution in [0, 0.1) is 0 Å². The first-order valence-corrected chi connectivity index (χ1v) is 6.87. The molecule has 0 spiro atoms. The fourth-order valence-electron chi connectivity index (χ4n) is 1.82. The van der Waals surface area contributed by atoms with Crippen LogP contribution in [0.3, 0.4) is 0 Å². The molecule has 4 nitrogen and oxygen atoms in total. The van der Waals surface area contributed by atoms with Crippen LogP contribution >= 0.6 is 0 Å². The van der Waals surface area contributed by atoms with Crippen molar-refractivity contribution in [3.8, 4) is 11.5 Å². The maximum absolute atomic E-state index is 12.5. The zero-order valence-electron chi connectivity index (χ0n) is 12.6. The van der Waals surface area contributed by atoms with E-state index in [9.17, 15) is 31.1 Å². The van der Waals surface area contributed by atoms with Gasteiger partial charge < -0.3 is 14.6 Å². The Kier molecular flexibility index (Phi) is 5.33. The Labute approximate surface area is 142 Å². The van der Waals surface area contributed by atoms with Gasteiger partial charge in [-0.2, -0.15) is 26.3 Å². The molecular weight excluding hydrogens is 370 g/mol. The molecule has 0 bridgehead atoms. The van der Waals surface area contributed by atoms with Crippen LogP contribution < -0.4 is 9.47 Å². The fourth-order valence-corrected chi connectivity index (χ4v) is 1.82. The van der Waals surface area contributed by atoms with Gasteiger partial charge in [-0.15, -0.1) is 0 Å². The van der Waals surface area contributed by atoms with Gasteiger partial charge in [0.15, 0.2) is 0 Å². The molecule has 0 fully saturated rings. The molecule has 0 saturated carbocycles. The molecule has 0 saturated heterocycles. The molecule has 0 radical (unpaired) electrons. The summed E-state index contributed by atoms with van der Waals surface area (Å²) in [5, 5.41) is 9.05. The smallest absolute Gasteiger partial charge is 0.416 e. The van der Waals surface area contributed by atoms with Crippen LogP contribution in [0.5, 0.6) is 11.5 Å². The molecule has 0 atom stereocenters. The number of hydrogen-bond donors (Lipinski definition) is 1. The summed E-state index contributed by atoms with van der Waals surface area (Å²) in [5.74, 6) is -2.07. The number of benzene rings is 2. The molecule has 0 aliphatic rings. The predicted molar refractivity (Wildman–Crippen MR) is 75.6 cm³/mol. The van der Waals surface area contributed by atoms with Crippen LogP contribution in [0.2, 0.25) is 0 Å². The Hall–Kier alpha value is -2.91. The van der Waals surface area contributed by atoms with E-state index >= 15 is 0 Å². The van der Waals surface area contributed by atoms with E-state index in [1.165, 1.54) is 0 Å². The number of aliphatic carboxylic acids is 1. The van der Waals surface area contributed by atoms with Crippen LogP contribution in [-0.2, 0) is 17.1 Å². The molecule has 2 rings (SSSR count). The van der Waals surface area contributed by atoms with Crippen molar-refractivity contribution < 1.29 is 45.7 Å². The van der Waals surface area contributed by atoms with E-state index in [1.807, 2.05) is 0 Å². The average molecular weight is 380 g/mol. The van der Waals surface area contributed by atoms with Crippen molar-refractivity contribution in [3.63, 3.8) is 0 Å². The number of halogens is 6. The maximum atomic E-state index is 12.5. The van der Waals surface area contributed by atoms with Gasteiger partial charge in [0.1, 0.15) is 11.5 Å². The van der Waals surface area contributed by atoms with E-state index in [4.69, 9.17) is 14.6 Å². The number of alkyl halides is 6. The lowest BCUT2D eigenvalue weighted by molar-refractivity contribution is -0.158. The van der Waals surface area contributed by atoms with E-state index in [1.54, 1.807) is 0 Å². The quantitative estimate of drug-likeness (QED) is 0.609. The molecular formula is C16H10F6O4. The lowest BCUT2D eigenvalue weighted by Crippen LogP contribution is -2.33. The van der Waals surface area contributed by atoms with Crippen LogP contribution in [0.15, 0.2) is 48.5 Å². The minimum Gasteiger partial charge on any atom is -0.476 e. The fraction of sp³-hybridized carbons (Fsp3) is 0.188. The predicted octanol–water partition coefficient (Wildman–Crippen LogP) is 4.59. The highest BCUT2D eigenvalue weighted by atomic mass is 19.4. The molecule has 0 unspecified atom stereocenters. The van der Waals surface area contributed by atoms with Gasteiger partial charge in [-0.05, 0) is 48.5 Å². The lowest BCUT2D eigenvalue weighted by Gasteiger charge is -2.17. The third kappa shape index (κ3) is 5.04. The standard InChI is InChI=1S/C16H10F6O4/c17-15(18,19)9-1-5-11(6-2-9)25-14(13(23)24)26-12-7-3-10(4-8-12)16(20,21)22/h1-8,14H,(H,23,24). The van der Waals surface area contributed by atoms with Gasteiger partial charge in [0, 0.05) is 0 Å². The average Bonchev–Trinajstić information content (AvgIpc) is 2.53. The van der Waals surface area contributed by atoms with Crippen molar-refractivity contribution in [1.29, 1.82) is 0 Å². The highest BCUT2D eigenvalue weighted by Crippen LogP contribution is 2.32. The van der Waals surface area contributed by atoms with Gasteiger partial charge in [0.25, 0.3) is 0 Å². The molecule has 2 aromatic rings. The SMILES string of the molecule is O=C(O)C(Oc1ccc(C(F)(F)F)cc1)Oc1ccc(C(F)(F)F)cc1. The van der Waals surface area contributed by atoms with Crippen molar-refractivity contribution in [2.45, 2.75) is 18.6 Å². The van der Waals surface area contributed by atoms with Crippen molar-refractivity contribution in [3.05, 3.63) is 59.7 Å². The molecule has 0 amide bonds. The first-order chi connectivity index (χ1) is 12.0. The zero-order valence-corrected chi connectivity index (χ0v) is 12.6. The summed E-state index contributed by atoms with van der Waals surface area (Å²) >= 11 is 0. The molecule has 10 heteroatoms. The van der Waals surface area contributed by atoms with Crippen molar-refractivity contribution in [2.24, 2.45) is 0 Å². The summed E-state index contributed by atoms with van der Waals surface area (Å²) in [4.78, 5) is 11.2. The van der Waals surface area contributed by atoms with Crippen molar-refractivity contribution in [2.75, 3.05) is 0 Å². The summed E-state index contributed by atoms with van der Waals surface area (Å²) in [6.45, 7) is 0. The third-order valence-corrected chi connectivity index (χ3v) is 3.05. The number of carboxylic acids is 1. The molecule has 1 N–H and O–H groups in total. The second-order valence-electron chi connectivity index (χ2n) is 4.95. The van der Waals surface area contributed by atoms with Gasteiger partial charge in [-0.25, -0.2) is 4.79 Å². The van der Waals surface area contributed by atoms with Gasteiger partial charge in [0.2, 0.25) is 0 Å². The van der Waals surface area contributed by atoms with E-state index in [0.717, 1.165) is 24.3 Å². The number of carboxylic acid groups (broad SMARTS) is 1. The Morgan fingerprint density at radius 3 is 1.27 bits per heavy atom. The van der Waals surface area contributed by atoms with Crippen LogP contribution in [-0.4, -0.2) is 17.4 Å². The third-order valence-electron chi connectivity index (χ3n) is 3.05. The first-order valence-electron chi connectivity index (χ1n) is 6.87. The Morgan fingerprint density at radius 1 is 0.731 bits per heavy atom.